The van der Waals surface area contributed by atoms with Gasteiger partial charge in [-0.2, -0.15) is 0 Å². The minimum Gasteiger partial charge on any atom is -0.472 e. The lowest BCUT2D eigenvalue weighted by Crippen LogP contribution is -2.40. The molecule has 5 rings (SSSR count). The number of allylic oxidation sites excluding steroid dienone is 1. The molecule has 0 fully saturated rings. The molecule has 1 N–H and O–H groups in total. The first-order valence-corrected chi connectivity index (χ1v) is 11.4. The van der Waals surface area contributed by atoms with E-state index in [1.807, 2.05) is 42.5 Å². The van der Waals surface area contributed by atoms with E-state index < -0.39 is 6.04 Å². The second-order valence-corrected chi connectivity index (χ2v) is 8.96. The molecule has 8 heteroatoms. The van der Waals surface area contributed by atoms with Crippen LogP contribution in [0.25, 0.3) is 6.08 Å². The molecule has 0 unspecified atom stereocenters. The zero-order valence-corrected chi connectivity index (χ0v) is 19.1. The van der Waals surface area contributed by atoms with E-state index in [9.17, 15) is 9.59 Å². The average Bonchev–Trinajstić information content (AvgIpc) is 3.42. The molecule has 2 aromatic heterocycles. The van der Waals surface area contributed by atoms with E-state index in [0.717, 1.165) is 11.1 Å². The standard InChI is InChI=1S/C25H18ClN3O3S/c1-15-21(23(30)28-19-5-3-2-4-6-19)22(17-7-9-18(26)10-8-17)29-24(31)20(33-25(29)27-15)13-16-11-12-32-14-16/h2-14,22H,1H3,(H,28,30)/t22-/m1/s1. The Morgan fingerprint density at radius 3 is 2.61 bits per heavy atom. The highest BCUT2D eigenvalue weighted by atomic mass is 35.5. The van der Waals surface area contributed by atoms with E-state index in [1.165, 1.54) is 11.3 Å². The first kappa shape index (κ1) is 21.2. The van der Waals surface area contributed by atoms with Gasteiger partial charge in [-0.05, 0) is 48.9 Å². The number of amides is 1. The minimum absolute atomic E-state index is 0.225. The number of fused-ring (bicyclic) bond motifs is 1. The number of nitrogens with zero attached hydrogens (tertiary/aromatic N) is 2. The molecule has 3 heterocycles. The van der Waals surface area contributed by atoms with Crippen molar-refractivity contribution in [2.45, 2.75) is 13.0 Å². The van der Waals surface area contributed by atoms with Crippen LogP contribution in [0.4, 0.5) is 5.69 Å². The third-order valence-electron chi connectivity index (χ3n) is 5.32. The van der Waals surface area contributed by atoms with Crippen molar-refractivity contribution in [2.75, 3.05) is 5.32 Å². The number of carbonyl (C=O) groups excluding carboxylic acids is 1. The number of anilines is 1. The Balaban J connectivity index is 1.68. The fraction of sp³-hybridized carbons (Fsp3) is 0.0800. The Morgan fingerprint density at radius 2 is 1.91 bits per heavy atom. The number of para-hydroxylation sites is 1. The third-order valence-corrected chi connectivity index (χ3v) is 6.56. The third kappa shape index (κ3) is 4.08. The van der Waals surface area contributed by atoms with Gasteiger partial charge in [0.2, 0.25) is 0 Å². The monoisotopic (exact) mass is 475 g/mol. The van der Waals surface area contributed by atoms with Gasteiger partial charge >= 0.3 is 0 Å². The van der Waals surface area contributed by atoms with E-state index in [-0.39, 0.29) is 11.5 Å². The first-order valence-electron chi connectivity index (χ1n) is 10.2. The molecule has 1 aliphatic rings. The van der Waals surface area contributed by atoms with E-state index >= 15 is 0 Å². The molecule has 1 aliphatic heterocycles. The van der Waals surface area contributed by atoms with Gasteiger partial charge in [0.05, 0.1) is 34.4 Å². The maximum atomic E-state index is 13.5. The van der Waals surface area contributed by atoms with Crippen molar-refractivity contribution in [3.8, 4) is 0 Å². The van der Waals surface area contributed by atoms with E-state index in [4.69, 9.17) is 16.0 Å². The molecule has 0 saturated carbocycles. The fourth-order valence-electron chi connectivity index (χ4n) is 3.80. The van der Waals surface area contributed by atoms with Crippen LogP contribution in [-0.2, 0) is 4.79 Å². The van der Waals surface area contributed by atoms with Gasteiger partial charge in [-0.1, -0.05) is 53.3 Å². The van der Waals surface area contributed by atoms with Crippen LogP contribution in [0.15, 0.2) is 98.7 Å². The maximum Gasteiger partial charge on any atom is 0.271 e. The molecule has 1 amide bonds. The molecule has 0 saturated heterocycles. The smallest absolute Gasteiger partial charge is 0.271 e. The normalized spacial score (nSPS) is 15.8. The van der Waals surface area contributed by atoms with E-state index in [1.54, 1.807) is 48.3 Å². The molecule has 4 aromatic rings. The van der Waals surface area contributed by atoms with Crippen molar-refractivity contribution in [1.29, 1.82) is 0 Å². The summed E-state index contributed by atoms with van der Waals surface area (Å²) in [5, 5.41) is 3.50. The Bertz CT molecular complexity index is 1530. The van der Waals surface area contributed by atoms with Crippen LogP contribution in [0.3, 0.4) is 0 Å². The molecule has 0 radical (unpaired) electrons. The van der Waals surface area contributed by atoms with Crippen LogP contribution >= 0.6 is 22.9 Å². The Hall–Kier alpha value is -3.68. The second kappa shape index (κ2) is 8.69. The first-order chi connectivity index (χ1) is 16.0. The number of aromatic nitrogens is 1. The Kier molecular flexibility index (Phi) is 5.58. The number of thiazole rings is 1. The largest absolute Gasteiger partial charge is 0.472 e. The zero-order valence-electron chi connectivity index (χ0n) is 17.5. The minimum atomic E-state index is -0.645. The van der Waals surface area contributed by atoms with Gasteiger partial charge in [-0.15, -0.1) is 0 Å². The number of hydrogen-bond acceptors (Lipinski definition) is 5. The topological polar surface area (TPSA) is 76.6 Å². The van der Waals surface area contributed by atoms with Crippen LogP contribution in [-0.4, -0.2) is 10.5 Å². The summed E-state index contributed by atoms with van der Waals surface area (Å²) in [5.41, 5.74) is 2.94. The average molecular weight is 476 g/mol. The molecule has 1 atom stereocenters. The van der Waals surface area contributed by atoms with Crippen molar-refractivity contribution >= 4 is 40.6 Å². The van der Waals surface area contributed by atoms with Crippen molar-refractivity contribution in [1.82, 2.24) is 4.57 Å². The molecule has 0 aliphatic carbocycles. The summed E-state index contributed by atoms with van der Waals surface area (Å²) in [6.45, 7) is 1.79. The van der Waals surface area contributed by atoms with Gasteiger partial charge in [0.15, 0.2) is 4.80 Å². The number of carbonyl (C=O) groups is 1. The van der Waals surface area contributed by atoms with Gasteiger partial charge in [0.25, 0.3) is 11.5 Å². The fourth-order valence-corrected chi connectivity index (χ4v) is 4.97. The van der Waals surface area contributed by atoms with Crippen molar-refractivity contribution in [3.63, 3.8) is 0 Å². The Labute approximate surface area is 197 Å². The van der Waals surface area contributed by atoms with Crippen LogP contribution in [0.5, 0.6) is 0 Å². The van der Waals surface area contributed by atoms with Gasteiger partial charge < -0.3 is 9.73 Å². The summed E-state index contributed by atoms with van der Waals surface area (Å²) >= 11 is 7.39. The van der Waals surface area contributed by atoms with Gasteiger partial charge in [-0.3, -0.25) is 14.2 Å². The highest BCUT2D eigenvalue weighted by Gasteiger charge is 2.32. The predicted molar refractivity (Wildman–Crippen MR) is 129 cm³/mol. The summed E-state index contributed by atoms with van der Waals surface area (Å²) in [6, 6.07) is 17.5. The number of hydrogen-bond donors (Lipinski definition) is 1. The van der Waals surface area contributed by atoms with E-state index in [0.29, 0.717) is 31.3 Å². The second-order valence-electron chi connectivity index (χ2n) is 7.51. The zero-order chi connectivity index (χ0) is 22.9. The number of benzene rings is 2. The summed E-state index contributed by atoms with van der Waals surface area (Å²) in [6.07, 6.45) is 4.88. The lowest BCUT2D eigenvalue weighted by molar-refractivity contribution is -0.113. The molecule has 0 spiro atoms. The molecule has 0 bridgehead atoms. The van der Waals surface area contributed by atoms with E-state index in [2.05, 4.69) is 10.3 Å². The Morgan fingerprint density at radius 1 is 1.15 bits per heavy atom. The highest BCUT2D eigenvalue weighted by molar-refractivity contribution is 7.07. The quantitative estimate of drug-likeness (QED) is 0.482. The number of nitrogens with one attached hydrogen (secondary N) is 1. The number of rotatable bonds is 4. The summed E-state index contributed by atoms with van der Waals surface area (Å²) in [4.78, 5) is 32.1. The van der Waals surface area contributed by atoms with Gasteiger partial charge in [-0.25, -0.2) is 4.99 Å². The van der Waals surface area contributed by atoms with Crippen LogP contribution < -0.4 is 20.2 Å². The van der Waals surface area contributed by atoms with Crippen molar-refractivity contribution in [2.24, 2.45) is 4.99 Å². The summed E-state index contributed by atoms with van der Waals surface area (Å²) in [7, 11) is 0. The van der Waals surface area contributed by atoms with Crippen molar-refractivity contribution < 1.29 is 9.21 Å². The molecular formula is C25H18ClN3O3S. The van der Waals surface area contributed by atoms with Crippen molar-refractivity contribution in [3.05, 3.63) is 120 Å². The highest BCUT2D eigenvalue weighted by Crippen LogP contribution is 2.31. The SMILES string of the molecule is CC1=C(C(=O)Nc2ccccc2)[C@@H](c2ccc(Cl)cc2)n2c(sc(=Cc3ccoc3)c2=O)=N1. The number of halogens is 1. The summed E-state index contributed by atoms with van der Waals surface area (Å²) < 4.78 is 7.20. The van der Waals surface area contributed by atoms with Crippen LogP contribution in [0.2, 0.25) is 5.02 Å². The van der Waals surface area contributed by atoms with Crippen LogP contribution in [0.1, 0.15) is 24.1 Å². The van der Waals surface area contributed by atoms with Gasteiger partial charge in [0, 0.05) is 16.3 Å². The predicted octanol–water partition coefficient (Wildman–Crippen LogP) is 4.12. The lowest BCUT2D eigenvalue weighted by Gasteiger charge is -2.25. The molecule has 2 aromatic carbocycles. The molecular weight excluding hydrogens is 458 g/mol. The number of furan rings is 1. The molecule has 33 heavy (non-hydrogen) atoms. The summed E-state index contributed by atoms with van der Waals surface area (Å²) in [5.74, 6) is -0.313. The maximum absolute atomic E-state index is 13.5. The molecule has 6 nitrogen and oxygen atoms in total. The molecule has 164 valence electrons. The van der Waals surface area contributed by atoms with Crippen LogP contribution in [0, 0.1) is 0 Å². The van der Waals surface area contributed by atoms with Gasteiger partial charge in [0.1, 0.15) is 0 Å². The lowest BCUT2D eigenvalue weighted by atomic mass is 9.95.